The Balaban J connectivity index is 2.23. The van der Waals surface area contributed by atoms with E-state index in [1.165, 1.54) is 13.0 Å². The van der Waals surface area contributed by atoms with Crippen molar-refractivity contribution in [1.82, 2.24) is 9.71 Å². The van der Waals surface area contributed by atoms with E-state index in [1.54, 1.807) is 43.6 Å². The maximum atomic E-state index is 12.4. The van der Waals surface area contributed by atoms with Crippen LogP contribution in [0.15, 0.2) is 47.6 Å². The van der Waals surface area contributed by atoms with Gasteiger partial charge < -0.3 is 5.32 Å². The third-order valence-corrected chi connectivity index (χ3v) is 4.53. The van der Waals surface area contributed by atoms with Crippen molar-refractivity contribution in [3.63, 3.8) is 0 Å². The molecule has 0 unspecified atom stereocenters. The van der Waals surface area contributed by atoms with Gasteiger partial charge in [0.25, 0.3) is 0 Å². The first kappa shape index (κ1) is 16.1. The lowest BCUT2D eigenvalue weighted by Crippen LogP contribution is -2.24. The Bertz CT molecular complexity index is 774. The molecule has 116 valence electrons. The van der Waals surface area contributed by atoms with Crippen molar-refractivity contribution in [3.05, 3.63) is 53.9 Å². The maximum Gasteiger partial charge on any atom is 0.241 e. The highest BCUT2D eigenvalue weighted by atomic mass is 32.2. The minimum Gasteiger partial charge on any atom is -0.326 e. The van der Waals surface area contributed by atoms with Crippen LogP contribution in [0.4, 0.5) is 5.69 Å². The normalized spacial score (nSPS) is 11.2. The number of sulfonamides is 1. The molecule has 7 heteroatoms. The van der Waals surface area contributed by atoms with Gasteiger partial charge in [-0.25, -0.2) is 13.1 Å². The van der Waals surface area contributed by atoms with E-state index >= 15 is 0 Å². The third kappa shape index (κ3) is 4.12. The number of rotatable bonds is 5. The van der Waals surface area contributed by atoms with E-state index in [0.29, 0.717) is 11.3 Å². The highest BCUT2D eigenvalue weighted by molar-refractivity contribution is 7.89. The molecular formula is C15H17N3O3S. The van der Waals surface area contributed by atoms with Crippen LogP contribution in [0.3, 0.4) is 0 Å². The molecule has 1 aromatic carbocycles. The molecule has 0 aliphatic rings. The van der Waals surface area contributed by atoms with Gasteiger partial charge in [0.1, 0.15) is 0 Å². The highest BCUT2D eigenvalue weighted by Crippen LogP contribution is 2.20. The van der Waals surface area contributed by atoms with Crippen molar-refractivity contribution in [2.45, 2.75) is 25.3 Å². The lowest BCUT2D eigenvalue weighted by molar-refractivity contribution is -0.114. The fraction of sp³-hybridized carbons (Fsp3) is 0.200. The number of nitrogens with zero attached hydrogens (tertiary/aromatic N) is 1. The van der Waals surface area contributed by atoms with Crippen molar-refractivity contribution >= 4 is 21.6 Å². The Hall–Kier alpha value is -2.25. The van der Waals surface area contributed by atoms with E-state index < -0.39 is 10.0 Å². The lowest BCUT2D eigenvalue weighted by atomic mass is 10.2. The van der Waals surface area contributed by atoms with Crippen molar-refractivity contribution in [2.24, 2.45) is 0 Å². The zero-order valence-corrected chi connectivity index (χ0v) is 13.1. The van der Waals surface area contributed by atoms with Crippen LogP contribution in [0.25, 0.3) is 0 Å². The SMILES string of the molecule is CC(=O)Nc1ccc(C)c(S(=O)(=O)NCc2cccnc2)c1. The minimum absolute atomic E-state index is 0.141. The largest absolute Gasteiger partial charge is 0.326 e. The molecule has 6 nitrogen and oxygen atoms in total. The van der Waals surface area contributed by atoms with E-state index in [0.717, 1.165) is 5.56 Å². The molecule has 0 aliphatic heterocycles. The summed E-state index contributed by atoms with van der Waals surface area (Å²) < 4.78 is 27.4. The Morgan fingerprint density at radius 3 is 2.68 bits per heavy atom. The number of hydrogen-bond acceptors (Lipinski definition) is 4. The maximum absolute atomic E-state index is 12.4. The van der Waals surface area contributed by atoms with Gasteiger partial charge >= 0.3 is 0 Å². The number of nitrogens with one attached hydrogen (secondary N) is 2. The first-order valence-corrected chi connectivity index (χ1v) is 8.13. The summed E-state index contributed by atoms with van der Waals surface area (Å²) in [5, 5.41) is 2.58. The summed E-state index contributed by atoms with van der Waals surface area (Å²) in [6.07, 6.45) is 3.22. The fourth-order valence-electron chi connectivity index (χ4n) is 1.93. The lowest BCUT2D eigenvalue weighted by Gasteiger charge is -2.11. The minimum atomic E-state index is -3.68. The predicted octanol–water partition coefficient (Wildman–Crippen LogP) is 1.83. The van der Waals surface area contributed by atoms with E-state index in [-0.39, 0.29) is 17.3 Å². The van der Waals surface area contributed by atoms with Crippen LogP contribution in [-0.2, 0) is 21.4 Å². The topological polar surface area (TPSA) is 88.2 Å². The average Bonchev–Trinajstić information content (AvgIpc) is 2.48. The second kappa shape index (κ2) is 6.67. The standard InChI is InChI=1S/C15H17N3O3S/c1-11-5-6-14(18-12(2)19)8-15(11)22(20,21)17-10-13-4-3-7-16-9-13/h3-9,17H,10H2,1-2H3,(H,18,19). The molecule has 0 atom stereocenters. The molecule has 2 rings (SSSR count). The smallest absolute Gasteiger partial charge is 0.241 e. The summed E-state index contributed by atoms with van der Waals surface area (Å²) in [5.74, 6) is -0.254. The number of aromatic nitrogens is 1. The molecule has 2 N–H and O–H groups in total. The van der Waals surface area contributed by atoms with Crippen LogP contribution in [-0.4, -0.2) is 19.3 Å². The van der Waals surface area contributed by atoms with Gasteiger partial charge in [0.05, 0.1) is 4.90 Å². The van der Waals surface area contributed by atoms with E-state index in [1.807, 2.05) is 0 Å². The Labute approximate surface area is 129 Å². The Morgan fingerprint density at radius 1 is 1.27 bits per heavy atom. The average molecular weight is 319 g/mol. The predicted molar refractivity (Wildman–Crippen MR) is 83.7 cm³/mol. The molecule has 0 radical (unpaired) electrons. The number of hydrogen-bond donors (Lipinski definition) is 2. The number of anilines is 1. The van der Waals surface area contributed by atoms with Crippen molar-refractivity contribution < 1.29 is 13.2 Å². The van der Waals surface area contributed by atoms with E-state index in [2.05, 4.69) is 15.0 Å². The number of pyridine rings is 1. The van der Waals surface area contributed by atoms with Crippen molar-refractivity contribution in [3.8, 4) is 0 Å². The van der Waals surface area contributed by atoms with Crippen LogP contribution in [0, 0.1) is 6.92 Å². The monoisotopic (exact) mass is 319 g/mol. The molecule has 0 fully saturated rings. The molecule has 0 saturated heterocycles. The van der Waals surface area contributed by atoms with Gasteiger partial charge in [-0.3, -0.25) is 9.78 Å². The van der Waals surface area contributed by atoms with Crippen molar-refractivity contribution in [1.29, 1.82) is 0 Å². The third-order valence-electron chi connectivity index (χ3n) is 2.99. The Morgan fingerprint density at radius 2 is 2.05 bits per heavy atom. The van der Waals surface area contributed by atoms with E-state index in [4.69, 9.17) is 0 Å². The van der Waals surface area contributed by atoms with Gasteiger partial charge in [0.15, 0.2) is 0 Å². The molecule has 0 aliphatic carbocycles. The van der Waals surface area contributed by atoms with Gasteiger partial charge in [-0.15, -0.1) is 0 Å². The van der Waals surface area contributed by atoms with Crippen LogP contribution in [0.1, 0.15) is 18.1 Å². The zero-order chi connectivity index (χ0) is 16.2. The molecule has 2 aromatic rings. The van der Waals surface area contributed by atoms with Gasteiger partial charge in [0.2, 0.25) is 15.9 Å². The summed E-state index contributed by atoms with van der Waals surface area (Å²) >= 11 is 0. The quantitative estimate of drug-likeness (QED) is 0.880. The van der Waals surface area contributed by atoms with Crippen molar-refractivity contribution in [2.75, 3.05) is 5.32 Å². The summed E-state index contributed by atoms with van der Waals surface area (Å²) in [5.41, 5.74) is 1.81. The van der Waals surface area contributed by atoms with Crippen LogP contribution < -0.4 is 10.0 Å². The molecule has 1 aromatic heterocycles. The summed E-state index contributed by atoms with van der Waals surface area (Å²) in [7, 11) is -3.68. The number of aryl methyl sites for hydroxylation is 1. The second-order valence-electron chi connectivity index (χ2n) is 4.85. The van der Waals surface area contributed by atoms with Gasteiger partial charge in [-0.1, -0.05) is 12.1 Å². The number of carbonyl (C=O) groups excluding carboxylic acids is 1. The second-order valence-corrected chi connectivity index (χ2v) is 6.58. The summed E-state index contributed by atoms with van der Waals surface area (Å²) in [6.45, 7) is 3.23. The van der Waals surface area contributed by atoms with Crippen LogP contribution in [0.2, 0.25) is 0 Å². The van der Waals surface area contributed by atoms with Crippen LogP contribution in [0.5, 0.6) is 0 Å². The summed E-state index contributed by atoms with van der Waals surface area (Å²) in [6, 6.07) is 8.30. The zero-order valence-electron chi connectivity index (χ0n) is 12.3. The molecule has 0 bridgehead atoms. The first-order chi connectivity index (χ1) is 10.4. The molecule has 0 saturated carbocycles. The van der Waals surface area contributed by atoms with Crippen LogP contribution >= 0.6 is 0 Å². The molecule has 22 heavy (non-hydrogen) atoms. The molecule has 1 heterocycles. The van der Waals surface area contributed by atoms with Gasteiger partial charge in [0, 0.05) is 31.5 Å². The number of benzene rings is 1. The molecule has 0 spiro atoms. The van der Waals surface area contributed by atoms with Gasteiger partial charge in [-0.2, -0.15) is 0 Å². The fourth-order valence-corrected chi connectivity index (χ4v) is 3.22. The van der Waals surface area contributed by atoms with E-state index in [9.17, 15) is 13.2 Å². The summed E-state index contributed by atoms with van der Waals surface area (Å²) in [4.78, 5) is 15.2. The first-order valence-electron chi connectivity index (χ1n) is 6.65. The molecular weight excluding hydrogens is 302 g/mol. The Kier molecular flexibility index (Phi) is 4.89. The number of amides is 1. The number of carbonyl (C=O) groups is 1. The highest BCUT2D eigenvalue weighted by Gasteiger charge is 2.17. The molecule has 1 amide bonds. The van der Waals surface area contributed by atoms with Gasteiger partial charge in [-0.05, 0) is 36.2 Å².